The zero-order chi connectivity index (χ0) is 16.7. The highest BCUT2D eigenvalue weighted by Crippen LogP contribution is 2.17. The van der Waals surface area contributed by atoms with Gasteiger partial charge in [-0.25, -0.2) is 4.98 Å². The Morgan fingerprint density at radius 1 is 1.00 bits per heavy atom. The molecule has 0 amide bonds. The summed E-state index contributed by atoms with van der Waals surface area (Å²) in [5, 5.41) is 3.44. The van der Waals surface area contributed by atoms with E-state index in [9.17, 15) is 0 Å². The predicted octanol–water partition coefficient (Wildman–Crippen LogP) is 4.23. The molecule has 1 aromatic heterocycles. The smallest absolute Gasteiger partial charge is 0.227 e. The van der Waals surface area contributed by atoms with Crippen molar-refractivity contribution in [2.45, 2.75) is 54.4 Å². The largest absolute Gasteiger partial charge is 0.370 e. The molecule has 0 aliphatic heterocycles. The highest BCUT2D eigenvalue weighted by Gasteiger charge is 2.11. The average molecular weight is 306 g/mol. The summed E-state index contributed by atoms with van der Waals surface area (Å²) in [6.45, 7) is 15.3. The first-order valence-corrected chi connectivity index (χ1v) is 8.60. The maximum absolute atomic E-state index is 4.76. The van der Waals surface area contributed by atoms with E-state index in [1.807, 2.05) is 0 Å². The van der Waals surface area contributed by atoms with Crippen LogP contribution in [-0.2, 0) is 6.42 Å². The van der Waals surface area contributed by atoms with Crippen LogP contribution in [0.25, 0.3) is 0 Å². The minimum atomic E-state index is 0.597. The minimum absolute atomic E-state index is 0.597. The molecule has 126 valence electrons. The van der Waals surface area contributed by atoms with Gasteiger partial charge in [-0.05, 0) is 30.6 Å². The van der Waals surface area contributed by atoms with Gasteiger partial charge in [-0.2, -0.15) is 4.98 Å². The summed E-state index contributed by atoms with van der Waals surface area (Å²) in [6, 6.07) is 2.11. The van der Waals surface area contributed by atoms with E-state index in [-0.39, 0.29) is 0 Å². The number of hydrogen-bond donors (Lipinski definition) is 1. The predicted molar refractivity (Wildman–Crippen MR) is 96.6 cm³/mol. The molecule has 0 saturated heterocycles. The number of nitrogens with zero attached hydrogens (tertiary/aromatic N) is 3. The molecule has 0 atom stereocenters. The zero-order valence-electron chi connectivity index (χ0n) is 15.5. The molecule has 1 heterocycles. The van der Waals surface area contributed by atoms with Gasteiger partial charge in [0.2, 0.25) is 5.95 Å². The quantitative estimate of drug-likeness (QED) is 0.741. The highest BCUT2D eigenvalue weighted by molar-refractivity contribution is 5.43. The fourth-order valence-electron chi connectivity index (χ4n) is 2.25. The third kappa shape index (κ3) is 7.10. The number of nitrogens with one attached hydrogen (secondary N) is 1. The van der Waals surface area contributed by atoms with Gasteiger partial charge in [0.05, 0.1) is 0 Å². The molecular formula is C18H34N4. The second-order valence-electron chi connectivity index (χ2n) is 7.53. The maximum atomic E-state index is 4.76. The van der Waals surface area contributed by atoms with Crippen molar-refractivity contribution in [3.05, 3.63) is 11.8 Å². The molecule has 0 aliphatic carbocycles. The Bertz CT molecular complexity index is 410. The lowest BCUT2D eigenvalue weighted by molar-refractivity contribution is 0.579. The second kappa shape index (κ2) is 8.96. The maximum Gasteiger partial charge on any atom is 0.227 e. The standard InChI is InChI=1S/C18H34N4/c1-13(2)8-9-16-10-17(19-11-14(3)4)21-18(20-16)22(7)12-15(5)6/h10,13-15H,8-9,11-12H2,1-7H3,(H,19,20,21). The van der Waals surface area contributed by atoms with E-state index in [0.717, 1.165) is 43.4 Å². The van der Waals surface area contributed by atoms with Crippen LogP contribution in [0.2, 0.25) is 0 Å². The van der Waals surface area contributed by atoms with Crippen LogP contribution in [0.3, 0.4) is 0 Å². The molecule has 0 aromatic carbocycles. The Morgan fingerprint density at radius 2 is 1.68 bits per heavy atom. The second-order valence-corrected chi connectivity index (χ2v) is 7.53. The van der Waals surface area contributed by atoms with Gasteiger partial charge >= 0.3 is 0 Å². The van der Waals surface area contributed by atoms with Gasteiger partial charge < -0.3 is 10.2 Å². The fourth-order valence-corrected chi connectivity index (χ4v) is 2.25. The molecular weight excluding hydrogens is 272 g/mol. The van der Waals surface area contributed by atoms with Crippen molar-refractivity contribution in [3.63, 3.8) is 0 Å². The first-order valence-electron chi connectivity index (χ1n) is 8.60. The fraction of sp³-hybridized carbons (Fsp3) is 0.778. The van der Waals surface area contributed by atoms with Crippen LogP contribution in [0.5, 0.6) is 0 Å². The summed E-state index contributed by atoms with van der Waals surface area (Å²) in [4.78, 5) is 11.6. The third-order valence-corrected chi connectivity index (χ3v) is 3.42. The Hall–Kier alpha value is -1.32. The van der Waals surface area contributed by atoms with E-state index in [4.69, 9.17) is 4.98 Å². The van der Waals surface area contributed by atoms with Gasteiger partial charge in [-0.1, -0.05) is 41.5 Å². The molecule has 0 fully saturated rings. The Balaban J connectivity index is 2.92. The summed E-state index contributed by atoms with van der Waals surface area (Å²) >= 11 is 0. The molecule has 0 radical (unpaired) electrons. The lowest BCUT2D eigenvalue weighted by atomic mass is 10.1. The first-order chi connectivity index (χ1) is 10.3. The number of anilines is 2. The lowest BCUT2D eigenvalue weighted by Gasteiger charge is -2.21. The van der Waals surface area contributed by atoms with Crippen molar-refractivity contribution < 1.29 is 0 Å². The molecule has 0 aliphatic rings. The Morgan fingerprint density at radius 3 is 2.23 bits per heavy atom. The number of rotatable bonds is 9. The highest BCUT2D eigenvalue weighted by atomic mass is 15.2. The lowest BCUT2D eigenvalue weighted by Crippen LogP contribution is -2.25. The van der Waals surface area contributed by atoms with Gasteiger partial charge in [-0.3, -0.25) is 0 Å². The van der Waals surface area contributed by atoms with Crippen molar-refractivity contribution in [2.24, 2.45) is 17.8 Å². The molecule has 1 rings (SSSR count). The van der Waals surface area contributed by atoms with Crippen LogP contribution in [0, 0.1) is 17.8 Å². The molecule has 0 bridgehead atoms. The van der Waals surface area contributed by atoms with Crippen molar-refractivity contribution in [1.82, 2.24) is 9.97 Å². The van der Waals surface area contributed by atoms with E-state index < -0.39 is 0 Å². The molecule has 1 aromatic rings. The van der Waals surface area contributed by atoms with Crippen LogP contribution in [0.4, 0.5) is 11.8 Å². The van der Waals surface area contributed by atoms with Crippen molar-refractivity contribution >= 4 is 11.8 Å². The van der Waals surface area contributed by atoms with E-state index in [1.165, 1.54) is 0 Å². The Kier molecular flexibility index (Phi) is 7.63. The van der Waals surface area contributed by atoms with Crippen molar-refractivity contribution in [2.75, 3.05) is 30.4 Å². The molecule has 0 unspecified atom stereocenters. The first kappa shape index (κ1) is 18.7. The summed E-state index contributed by atoms with van der Waals surface area (Å²) in [7, 11) is 2.08. The molecule has 0 spiro atoms. The van der Waals surface area contributed by atoms with E-state index in [1.54, 1.807) is 0 Å². The normalized spacial score (nSPS) is 11.5. The van der Waals surface area contributed by atoms with Crippen LogP contribution in [-0.4, -0.2) is 30.1 Å². The van der Waals surface area contributed by atoms with Gasteiger partial charge in [0, 0.05) is 31.9 Å². The summed E-state index contributed by atoms with van der Waals surface area (Å²) in [5.41, 5.74) is 1.14. The topological polar surface area (TPSA) is 41.1 Å². The SMILES string of the molecule is CC(C)CCc1cc(NCC(C)C)nc(N(C)CC(C)C)n1. The summed E-state index contributed by atoms with van der Waals surface area (Å²) in [6.07, 6.45) is 2.17. The van der Waals surface area contributed by atoms with E-state index in [2.05, 4.69) is 69.9 Å². The van der Waals surface area contributed by atoms with Crippen LogP contribution in [0.1, 0.15) is 53.7 Å². The zero-order valence-corrected chi connectivity index (χ0v) is 15.5. The Labute approximate surface area is 136 Å². The molecule has 4 nitrogen and oxygen atoms in total. The summed E-state index contributed by atoms with van der Waals surface area (Å²) < 4.78 is 0. The van der Waals surface area contributed by atoms with Crippen LogP contribution in [0.15, 0.2) is 6.07 Å². The van der Waals surface area contributed by atoms with Gasteiger partial charge in [-0.15, -0.1) is 0 Å². The van der Waals surface area contributed by atoms with Gasteiger partial charge in [0.25, 0.3) is 0 Å². The van der Waals surface area contributed by atoms with Crippen molar-refractivity contribution in [3.8, 4) is 0 Å². The average Bonchev–Trinajstić information content (AvgIpc) is 2.42. The van der Waals surface area contributed by atoms with Gasteiger partial charge in [0.15, 0.2) is 0 Å². The van der Waals surface area contributed by atoms with Crippen LogP contribution >= 0.6 is 0 Å². The van der Waals surface area contributed by atoms with Crippen molar-refractivity contribution in [1.29, 1.82) is 0 Å². The number of hydrogen-bond acceptors (Lipinski definition) is 4. The molecule has 22 heavy (non-hydrogen) atoms. The van der Waals surface area contributed by atoms with Gasteiger partial charge in [0.1, 0.15) is 5.82 Å². The third-order valence-electron chi connectivity index (χ3n) is 3.42. The van der Waals surface area contributed by atoms with E-state index >= 15 is 0 Å². The summed E-state index contributed by atoms with van der Waals surface area (Å²) in [5.74, 6) is 3.68. The minimum Gasteiger partial charge on any atom is -0.370 e. The monoisotopic (exact) mass is 306 g/mol. The molecule has 0 saturated carbocycles. The molecule has 4 heteroatoms. The number of aryl methyl sites for hydroxylation is 1. The van der Waals surface area contributed by atoms with E-state index in [0.29, 0.717) is 17.8 Å². The number of aromatic nitrogens is 2. The van der Waals surface area contributed by atoms with Crippen LogP contribution < -0.4 is 10.2 Å². The molecule has 1 N–H and O–H groups in total.